The Labute approximate surface area is 220 Å². The van der Waals surface area contributed by atoms with Crippen molar-refractivity contribution in [2.75, 3.05) is 43.2 Å². The minimum atomic E-state index is -0.00805. The van der Waals surface area contributed by atoms with E-state index in [9.17, 15) is 0 Å². The molecule has 3 heterocycles. The van der Waals surface area contributed by atoms with E-state index in [-0.39, 0.29) is 17.3 Å². The van der Waals surface area contributed by atoms with Gasteiger partial charge >= 0.3 is 0 Å². The highest BCUT2D eigenvalue weighted by Gasteiger charge is 2.46. The van der Waals surface area contributed by atoms with E-state index in [0.29, 0.717) is 22.5 Å². The Hall–Kier alpha value is -3.03. The number of benzene rings is 1. The largest absolute Gasteiger partial charge is 0.382 e. The van der Waals surface area contributed by atoms with Crippen molar-refractivity contribution in [3.63, 3.8) is 0 Å². The summed E-state index contributed by atoms with van der Waals surface area (Å²) >= 11 is 7.59. The molecule has 5 rings (SSSR count). The van der Waals surface area contributed by atoms with E-state index in [0.717, 1.165) is 48.6 Å². The van der Waals surface area contributed by atoms with E-state index in [4.69, 9.17) is 33.5 Å². The lowest BCUT2D eigenvalue weighted by Crippen LogP contribution is -2.44. The number of nitrogens with two attached hydrogens (primary N) is 3. The molecule has 36 heavy (non-hydrogen) atoms. The van der Waals surface area contributed by atoms with Crippen LogP contribution in [-0.2, 0) is 11.2 Å². The number of fused-ring (bicyclic) bond motifs is 1. The number of hydrogen-bond acceptors (Lipinski definition) is 9. The third kappa shape index (κ3) is 4.70. The van der Waals surface area contributed by atoms with Crippen LogP contribution in [0.2, 0.25) is 5.02 Å². The Morgan fingerprint density at radius 2 is 2.00 bits per heavy atom. The highest BCUT2D eigenvalue weighted by molar-refractivity contribution is 7.99. The number of piperidine rings is 1. The van der Waals surface area contributed by atoms with Crippen LogP contribution in [0.5, 0.6) is 0 Å². The van der Waals surface area contributed by atoms with Crippen molar-refractivity contribution in [1.29, 1.82) is 0 Å². The van der Waals surface area contributed by atoms with Crippen molar-refractivity contribution in [3.8, 4) is 11.8 Å². The van der Waals surface area contributed by atoms with Crippen molar-refractivity contribution in [2.45, 2.75) is 35.2 Å². The fourth-order valence-corrected chi connectivity index (χ4v) is 6.07. The highest BCUT2D eigenvalue weighted by Crippen LogP contribution is 2.51. The quantitative estimate of drug-likeness (QED) is 0.440. The van der Waals surface area contributed by atoms with Gasteiger partial charge in [0.05, 0.1) is 11.2 Å². The average molecular weight is 522 g/mol. The summed E-state index contributed by atoms with van der Waals surface area (Å²) in [7, 11) is 1.64. The van der Waals surface area contributed by atoms with Crippen LogP contribution in [0.1, 0.15) is 35.6 Å². The summed E-state index contributed by atoms with van der Waals surface area (Å²) in [6.45, 7) is 2.10. The maximum atomic E-state index is 6.84. The Morgan fingerprint density at radius 3 is 2.75 bits per heavy atom. The lowest BCUT2D eigenvalue weighted by Gasteiger charge is -2.42. The molecule has 0 unspecified atom stereocenters. The standard InChI is InChI=1S/C26H28ClN7OS/c1-35-12-2-3-16-4-5-17-14-26(22(28)18(17)13-16)7-10-34(11-8-26)20-15-32-25(24(30)33-20)36-19-6-9-31-23(29)21(19)27/h4-6,9,13,15,22H,7-8,10-12,14,28H2,1H3,(H2,29,31)(H2,30,33)/t22-/m1/s1. The van der Waals surface area contributed by atoms with E-state index >= 15 is 0 Å². The second-order valence-electron chi connectivity index (χ2n) is 9.18. The van der Waals surface area contributed by atoms with Gasteiger partial charge in [0.2, 0.25) is 0 Å². The normalized spacial score (nSPS) is 18.1. The fraction of sp³-hybridized carbons (Fsp3) is 0.346. The Morgan fingerprint density at radius 1 is 1.19 bits per heavy atom. The van der Waals surface area contributed by atoms with Gasteiger partial charge in [-0.25, -0.2) is 15.0 Å². The van der Waals surface area contributed by atoms with Gasteiger partial charge in [0.15, 0.2) is 5.82 Å². The molecule has 2 aliphatic rings. The number of nitrogen functional groups attached to an aromatic ring is 2. The molecule has 0 amide bonds. The maximum absolute atomic E-state index is 6.84. The molecule has 0 saturated carbocycles. The summed E-state index contributed by atoms with van der Waals surface area (Å²) in [5.41, 5.74) is 22.5. The molecule has 0 radical (unpaired) electrons. The molecule has 1 aliphatic heterocycles. The van der Waals surface area contributed by atoms with Crippen LogP contribution in [0.4, 0.5) is 17.5 Å². The molecular weight excluding hydrogens is 494 g/mol. The van der Waals surface area contributed by atoms with Crippen molar-refractivity contribution >= 4 is 40.8 Å². The summed E-state index contributed by atoms with van der Waals surface area (Å²) in [5.74, 6) is 7.58. The lowest BCUT2D eigenvalue weighted by atomic mass is 9.73. The van der Waals surface area contributed by atoms with Crippen LogP contribution in [0.25, 0.3) is 0 Å². The predicted octanol–water partition coefficient (Wildman–Crippen LogP) is 3.68. The number of ether oxygens (including phenoxy) is 1. The van der Waals surface area contributed by atoms with Gasteiger partial charge in [-0.1, -0.05) is 41.3 Å². The smallest absolute Gasteiger partial charge is 0.158 e. The van der Waals surface area contributed by atoms with Gasteiger partial charge in [0.25, 0.3) is 0 Å². The average Bonchev–Trinajstić information content (AvgIpc) is 3.14. The molecule has 2 aromatic heterocycles. The molecule has 8 nitrogen and oxygen atoms in total. The van der Waals surface area contributed by atoms with Crippen molar-refractivity contribution in [1.82, 2.24) is 15.0 Å². The van der Waals surface area contributed by atoms with E-state index in [1.54, 1.807) is 25.6 Å². The van der Waals surface area contributed by atoms with Gasteiger partial charge < -0.3 is 26.8 Å². The number of nitrogens with zero attached hydrogens (tertiary/aromatic N) is 4. The lowest BCUT2D eigenvalue weighted by molar-refractivity contribution is 0.187. The van der Waals surface area contributed by atoms with Crippen LogP contribution in [0.3, 0.4) is 0 Å². The van der Waals surface area contributed by atoms with Gasteiger partial charge in [0, 0.05) is 42.9 Å². The van der Waals surface area contributed by atoms with E-state index in [1.807, 2.05) is 0 Å². The SMILES string of the molecule is COCC#Cc1ccc2c(c1)[C@@H](N)C1(CCN(c3cnc(Sc4ccnc(N)c4Cl)c(N)n3)CC1)C2. The molecule has 1 aliphatic carbocycles. The summed E-state index contributed by atoms with van der Waals surface area (Å²) in [4.78, 5) is 16.2. The van der Waals surface area contributed by atoms with Crippen molar-refractivity contribution in [3.05, 3.63) is 58.4 Å². The molecule has 6 N–H and O–H groups in total. The van der Waals surface area contributed by atoms with Gasteiger partial charge in [0.1, 0.15) is 23.3 Å². The number of halogens is 1. The Balaban J connectivity index is 1.27. The van der Waals surface area contributed by atoms with Gasteiger partial charge in [-0.3, -0.25) is 0 Å². The number of methoxy groups -OCH3 is 1. The monoisotopic (exact) mass is 521 g/mol. The molecule has 1 aromatic carbocycles. The minimum absolute atomic E-state index is 0.00805. The second kappa shape index (κ2) is 10.1. The zero-order valence-electron chi connectivity index (χ0n) is 20.0. The fourth-order valence-electron chi connectivity index (χ4n) is 5.06. The van der Waals surface area contributed by atoms with E-state index < -0.39 is 0 Å². The van der Waals surface area contributed by atoms with Crippen LogP contribution in [0.15, 0.2) is 46.6 Å². The third-order valence-electron chi connectivity index (χ3n) is 7.05. The summed E-state index contributed by atoms with van der Waals surface area (Å²) in [6.07, 6.45) is 6.30. The maximum Gasteiger partial charge on any atom is 0.158 e. The molecule has 10 heteroatoms. The molecule has 1 fully saturated rings. The molecule has 1 atom stereocenters. The molecule has 0 bridgehead atoms. The van der Waals surface area contributed by atoms with Gasteiger partial charge in [-0.05, 0) is 54.0 Å². The van der Waals surface area contributed by atoms with Crippen LogP contribution in [0, 0.1) is 17.3 Å². The zero-order valence-corrected chi connectivity index (χ0v) is 21.6. The molecule has 1 saturated heterocycles. The van der Waals surface area contributed by atoms with Gasteiger partial charge in [-0.15, -0.1) is 0 Å². The predicted molar refractivity (Wildman–Crippen MR) is 144 cm³/mol. The van der Waals surface area contributed by atoms with E-state index in [2.05, 4.69) is 49.9 Å². The number of aromatic nitrogens is 3. The topological polar surface area (TPSA) is 129 Å². The first-order valence-corrected chi connectivity index (χ1v) is 12.9. The number of hydrogen-bond donors (Lipinski definition) is 3. The first-order chi connectivity index (χ1) is 17.4. The molecule has 3 aromatic rings. The summed E-state index contributed by atoms with van der Waals surface area (Å²) < 4.78 is 5.03. The van der Waals surface area contributed by atoms with Crippen LogP contribution in [-0.4, -0.2) is 41.8 Å². The first kappa shape index (κ1) is 24.7. The number of pyridine rings is 1. The molecule has 186 valence electrons. The minimum Gasteiger partial charge on any atom is -0.382 e. The number of rotatable bonds is 4. The van der Waals surface area contributed by atoms with E-state index in [1.165, 1.54) is 22.9 Å². The second-order valence-corrected chi connectivity index (χ2v) is 10.6. The molecule has 1 spiro atoms. The third-order valence-corrected chi connectivity index (χ3v) is 8.63. The highest BCUT2D eigenvalue weighted by atomic mass is 35.5. The zero-order chi connectivity index (χ0) is 25.3. The molecular formula is C26H28ClN7OS. The van der Waals surface area contributed by atoms with Gasteiger partial charge in [-0.2, -0.15) is 0 Å². The number of anilines is 3. The van der Waals surface area contributed by atoms with Crippen molar-refractivity contribution < 1.29 is 4.74 Å². The summed E-state index contributed by atoms with van der Waals surface area (Å²) in [6, 6.07) is 8.17. The Bertz CT molecular complexity index is 1350. The Kier molecular flexibility index (Phi) is 6.95. The van der Waals surface area contributed by atoms with Crippen molar-refractivity contribution in [2.24, 2.45) is 11.1 Å². The van der Waals surface area contributed by atoms with Crippen LogP contribution >= 0.6 is 23.4 Å². The van der Waals surface area contributed by atoms with Crippen LogP contribution < -0.4 is 22.1 Å². The first-order valence-electron chi connectivity index (χ1n) is 11.7. The summed E-state index contributed by atoms with van der Waals surface area (Å²) in [5, 5.41) is 0.967.